The predicted molar refractivity (Wildman–Crippen MR) is 44.7 cm³/mol. The van der Waals surface area contributed by atoms with Gasteiger partial charge in [0.2, 0.25) is 5.91 Å². The van der Waals surface area contributed by atoms with Gasteiger partial charge in [0.25, 0.3) is 0 Å². The number of hydrogen-bond donors (Lipinski definition) is 1. The van der Waals surface area contributed by atoms with Gasteiger partial charge in [-0.1, -0.05) is 0 Å². The first-order valence-electron chi connectivity index (χ1n) is 3.75. The standard InChI is InChI=1S/C7H14NOP/c8-7(9)5-1-3-6(10)4-2-5/h5-6H,1-4,10H2,(H2,8,9). The van der Waals surface area contributed by atoms with Crippen LogP contribution in [0.2, 0.25) is 0 Å². The number of primary amides is 1. The largest absolute Gasteiger partial charge is 0.369 e. The van der Waals surface area contributed by atoms with E-state index in [1.165, 1.54) is 0 Å². The van der Waals surface area contributed by atoms with Crippen molar-refractivity contribution in [1.29, 1.82) is 0 Å². The van der Waals surface area contributed by atoms with E-state index in [0.717, 1.165) is 31.3 Å². The minimum Gasteiger partial charge on any atom is -0.369 e. The quantitative estimate of drug-likeness (QED) is 0.567. The van der Waals surface area contributed by atoms with Crippen molar-refractivity contribution in [3.63, 3.8) is 0 Å². The molecule has 0 radical (unpaired) electrons. The molecule has 1 fully saturated rings. The SMILES string of the molecule is NC(=O)C1CCC(P)CC1. The summed E-state index contributed by atoms with van der Waals surface area (Å²) in [5.74, 6) is 0.0497. The molecule has 0 aromatic carbocycles. The van der Waals surface area contributed by atoms with Crippen LogP contribution in [0.25, 0.3) is 0 Å². The molecule has 1 aliphatic rings. The Morgan fingerprint density at radius 2 is 1.80 bits per heavy atom. The van der Waals surface area contributed by atoms with Crippen LogP contribution in [0, 0.1) is 5.92 Å². The van der Waals surface area contributed by atoms with Gasteiger partial charge in [-0.15, -0.1) is 9.24 Å². The lowest BCUT2D eigenvalue weighted by molar-refractivity contribution is -0.122. The first kappa shape index (κ1) is 8.00. The molecular weight excluding hydrogens is 145 g/mol. The van der Waals surface area contributed by atoms with Crippen LogP contribution < -0.4 is 5.73 Å². The highest BCUT2D eigenvalue weighted by atomic mass is 31.0. The molecule has 1 aliphatic carbocycles. The number of rotatable bonds is 1. The fourth-order valence-corrected chi connectivity index (χ4v) is 1.79. The van der Waals surface area contributed by atoms with E-state index >= 15 is 0 Å². The Morgan fingerprint density at radius 3 is 2.20 bits per heavy atom. The van der Waals surface area contributed by atoms with Gasteiger partial charge < -0.3 is 5.73 Å². The smallest absolute Gasteiger partial charge is 0.220 e. The van der Waals surface area contributed by atoms with E-state index in [2.05, 4.69) is 9.24 Å². The van der Waals surface area contributed by atoms with Gasteiger partial charge in [-0.3, -0.25) is 4.79 Å². The maximum atomic E-state index is 10.7. The van der Waals surface area contributed by atoms with Crippen LogP contribution in [0.3, 0.4) is 0 Å². The zero-order valence-electron chi connectivity index (χ0n) is 6.05. The lowest BCUT2D eigenvalue weighted by Crippen LogP contribution is -2.27. The molecule has 1 amide bonds. The molecule has 0 aliphatic heterocycles. The van der Waals surface area contributed by atoms with Gasteiger partial charge in [-0.2, -0.15) is 0 Å². The molecule has 2 nitrogen and oxygen atoms in total. The molecule has 0 aromatic heterocycles. The second kappa shape index (κ2) is 3.34. The van der Waals surface area contributed by atoms with Gasteiger partial charge in [0.05, 0.1) is 0 Å². The average molecular weight is 159 g/mol. The van der Waals surface area contributed by atoms with Crippen molar-refractivity contribution in [1.82, 2.24) is 0 Å². The minimum atomic E-state index is -0.114. The summed E-state index contributed by atoms with van der Waals surface area (Å²) in [6.07, 6.45) is 4.25. The third kappa shape index (κ3) is 1.95. The van der Waals surface area contributed by atoms with Crippen LogP contribution in [0.15, 0.2) is 0 Å². The summed E-state index contributed by atoms with van der Waals surface area (Å²) in [5, 5.41) is 0. The molecule has 10 heavy (non-hydrogen) atoms. The van der Waals surface area contributed by atoms with Gasteiger partial charge >= 0.3 is 0 Å². The van der Waals surface area contributed by atoms with Crippen molar-refractivity contribution in [2.24, 2.45) is 11.7 Å². The lowest BCUT2D eigenvalue weighted by atomic mass is 9.88. The molecule has 0 saturated heterocycles. The normalized spacial score (nSPS) is 33.7. The topological polar surface area (TPSA) is 43.1 Å². The Kier molecular flexibility index (Phi) is 2.67. The fourth-order valence-electron chi connectivity index (χ4n) is 1.40. The highest BCUT2D eigenvalue weighted by molar-refractivity contribution is 7.17. The van der Waals surface area contributed by atoms with Crippen LogP contribution >= 0.6 is 9.24 Å². The van der Waals surface area contributed by atoms with Crippen molar-refractivity contribution in [3.05, 3.63) is 0 Å². The van der Waals surface area contributed by atoms with Gasteiger partial charge in [0.1, 0.15) is 0 Å². The number of carbonyl (C=O) groups excluding carboxylic acids is 1. The molecule has 0 aromatic rings. The molecule has 0 spiro atoms. The molecular formula is C7H14NOP. The van der Waals surface area contributed by atoms with Crippen LogP contribution in [-0.2, 0) is 4.79 Å². The van der Waals surface area contributed by atoms with E-state index in [0.29, 0.717) is 0 Å². The summed E-state index contributed by atoms with van der Waals surface area (Å²) in [7, 11) is 2.80. The van der Waals surface area contributed by atoms with Crippen LogP contribution in [0.4, 0.5) is 0 Å². The maximum Gasteiger partial charge on any atom is 0.220 e. The minimum absolute atomic E-state index is 0.114. The molecule has 1 atom stereocenters. The molecule has 1 unspecified atom stereocenters. The van der Waals surface area contributed by atoms with Crippen molar-refractivity contribution in [3.8, 4) is 0 Å². The molecule has 1 saturated carbocycles. The monoisotopic (exact) mass is 159 g/mol. The summed E-state index contributed by atoms with van der Waals surface area (Å²) in [5.41, 5.74) is 5.89. The number of hydrogen-bond acceptors (Lipinski definition) is 1. The number of nitrogens with two attached hydrogens (primary N) is 1. The third-order valence-electron chi connectivity index (χ3n) is 2.17. The van der Waals surface area contributed by atoms with Crippen LogP contribution in [-0.4, -0.2) is 11.6 Å². The lowest BCUT2D eigenvalue weighted by Gasteiger charge is -2.23. The average Bonchev–Trinajstić information content (AvgIpc) is 1.88. The molecule has 2 N–H and O–H groups in total. The summed E-state index contributed by atoms with van der Waals surface area (Å²) >= 11 is 0. The molecule has 1 rings (SSSR count). The van der Waals surface area contributed by atoms with E-state index in [1.807, 2.05) is 0 Å². The zero-order chi connectivity index (χ0) is 7.56. The summed E-state index contributed by atoms with van der Waals surface area (Å²) in [6.45, 7) is 0. The van der Waals surface area contributed by atoms with E-state index in [1.54, 1.807) is 0 Å². The number of amides is 1. The predicted octanol–water partition coefficient (Wildman–Crippen LogP) is 0.906. The summed E-state index contributed by atoms with van der Waals surface area (Å²) in [4.78, 5) is 10.7. The highest BCUT2D eigenvalue weighted by Gasteiger charge is 2.21. The van der Waals surface area contributed by atoms with Crippen molar-refractivity contribution >= 4 is 15.1 Å². The van der Waals surface area contributed by atoms with E-state index in [9.17, 15) is 4.79 Å². The van der Waals surface area contributed by atoms with Crippen molar-refractivity contribution in [2.75, 3.05) is 0 Å². The molecule has 0 bridgehead atoms. The van der Waals surface area contributed by atoms with Crippen molar-refractivity contribution < 1.29 is 4.79 Å². The zero-order valence-corrected chi connectivity index (χ0v) is 7.20. The Hall–Kier alpha value is -0.100. The first-order valence-corrected chi connectivity index (χ1v) is 4.41. The second-order valence-electron chi connectivity index (χ2n) is 3.01. The Balaban J connectivity index is 2.33. The Labute approximate surface area is 63.8 Å². The van der Waals surface area contributed by atoms with E-state index < -0.39 is 0 Å². The second-order valence-corrected chi connectivity index (χ2v) is 3.96. The van der Waals surface area contributed by atoms with E-state index in [4.69, 9.17) is 5.73 Å². The van der Waals surface area contributed by atoms with Gasteiger partial charge in [-0.25, -0.2) is 0 Å². The maximum absolute atomic E-state index is 10.7. The molecule has 3 heteroatoms. The van der Waals surface area contributed by atoms with Gasteiger partial charge in [-0.05, 0) is 31.3 Å². The number of carbonyl (C=O) groups is 1. The fraction of sp³-hybridized carbons (Fsp3) is 0.857. The summed E-state index contributed by atoms with van der Waals surface area (Å²) < 4.78 is 0. The molecule has 0 heterocycles. The van der Waals surface area contributed by atoms with Gasteiger partial charge in [0, 0.05) is 5.92 Å². The van der Waals surface area contributed by atoms with Crippen LogP contribution in [0.1, 0.15) is 25.7 Å². The highest BCUT2D eigenvalue weighted by Crippen LogP contribution is 2.28. The molecule has 58 valence electrons. The third-order valence-corrected chi connectivity index (χ3v) is 2.84. The van der Waals surface area contributed by atoms with Crippen molar-refractivity contribution in [2.45, 2.75) is 31.3 Å². The van der Waals surface area contributed by atoms with E-state index in [-0.39, 0.29) is 11.8 Å². The Morgan fingerprint density at radius 1 is 1.30 bits per heavy atom. The van der Waals surface area contributed by atoms with Crippen LogP contribution in [0.5, 0.6) is 0 Å². The van der Waals surface area contributed by atoms with Gasteiger partial charge in [0.15, 0.2) is 0 Å². The summed E-state index contributed by atoms with van der Waals surface area (Å²) in [6, 6.07) is 0. The first-order chi connectivity index (χ1) is 4.70. The Bertz CT molecular complexity index is 130.